The summed E-state index contributed by atoms with van der Waals surface area (Å²) in [5, 5.41) is 0. The normalized spacial score (nSPS) is 15.5. The van der Waals surface area contributed by atoms with Crippen LogP contribution in [0.5, 0.6) is 0 Å². The van der Waals surface area contributed by atoms with Crippen LogP contribution in [0.4, 0.5) is 11.4 Å². The second-order valence-corrected chi connectivity index (χ2v) is 25.2. The summed E-state index contributed by atoms with van der Waals surface area (Å²) in [6.45, 7) is 23.9. The van der Waals surface area contributed by atoms with Gasteiger partial charge in [-0.3, -0.25) is 0 Å². The molecule has 35 heavy (non-hydrogen) atoms. The van der Waals surface area contributed by atoms with E-state index in [-0.39, 0.29) is 7.92 Å². The first-order valence-corrected chi connectivity index (χ1v) is 21.9. The number of anilines is 2. The molecule has 5 heteroatoms. The molecule has 2 N–H and O–H groups in total. The van der Waals surface area contributed by atoms with E-state index < -0.39 is 16.5 Å². The highest BCUT2D eigenvalue weighted by atomic mass is 31.1. The Morgan fingerprint density at radius 3 is 1.31 bits per heavy atom. The first-order valence-electron chi connectivity index (χ1n) is 13.7. The van der Waals surface area contributed by atoms with E-state index in [4.69, 9.17) is 0 Å². The summed E-state index contributed by atoms with van der Waals surface area (Å²) in [6, 6.07) is 9.37. The lowest BCUT2D eigenvalue weighted by Crippen LogP contribution is -2.47. The summed E-state index contributed by atoms with van der Waals surface area (Å²) < 4.78 is 0. The molecule has 2 aromatic carbocycles. The zero-order valence-corrected chi connectivity index (χ0v) is 27.2. The van der Waals surface area contributed by atoms with Gasteiger partial charge in [0.05, 0.1) is 0 Å². The maximum atomic E-state index is 4.16. The molecule has 2 nitrogen and oxygen atoms in total. The fourth-order valence-electron chi connectivity index (χ4n) is 6.29. The van der Waals surface area contributed by atoms with Crippen LogP contribution in [0.1, 0.15) is 65.5 Å². The molecule has 1 fully saturated rings. The van der Waals surface area contributed by atoms with Crippen molar-refractivity contribution in [2.75, 3.05) is 21.5 Å². The molecule has 0 atom stereocenters. The molecular formula is C30H51N2PSi2. The van der Waals surface area contributed by atoms with E-state index in [1.807, 2.05) is 0 Å². The van der Waals surface area contributed by atoms with Gasteiger partial charge in [0.1, 0.15) is 0 Å². The van der Waals surface area contributed by atoms with Crippen molar-refractivity contribution in [2.24, 2.45) is 0 Å². The molecule has 0 aromatic heterocycles. The van der Waals surface area contributed by atoms with Crippen molar-refractivity contribution < 1.29 is 0 Å². The Balaban J connectivity index is 1.82. The second kappa shape index (κ2) is 11.5. The first kappa shape index (κ1) is 28.5. The Labute approximate surface area is 220 Å². The molecule has 1 aliphatic rings. The molecule has 0 saturated heterocycles. The predicted molar refractivity (Wildman–Crippen MR) is 167 cm³/mol. The van der Waals surface area contributed by atoms with Crippen LogP contribution in [0.25, 0.3) is 0 Å². The number of nitrogens with one attached hydrogen (secondary N) is 2. The van der Waals surface area contributed by atoms with Crippen LogP contribution >= 0.6 is 7.92 Å². The SMILES string of the molecule is Cc1cc(C)c(N[Si](C)(C)CP(C[Si](C)(C)Nc2c(C)cc(C)cc2C)C2CCCCC2)c(C)c1. The van der Waals surface area contributed by atoms with E-state index in [0.717, 1.165) is 5.66 Å². The molecule has 3 rings (SSSR count). The van der Waals surface area contributed by atoms with Crippen molar-refractivity contribution in [1.29, 1.82) is 0 Å². The third-order valence-corrected chi connectivity index (χ3v) is 20.5. The number of hydrogen-bond acceptors (Lipinski definition) is 2. The van der Waals surface area contributed by atoms with Crippen molar-refractivity contribution >= 4 is 35.8 Å². The number of benzene rings is 2. The minimum absolute atomic E-state index is 0.000205. The highest BCUT2D eigenvalue weighted by molar-refractivity contribution is 7.64. The van der Waals surface area contributed by atoms with Gasteiger partial charge in [-0.25, -0.2) is 0 Å². The van der Waals surface area contributed by atoms with E-state index in [1.54, 1.807) is 0 Å². The number of rotatable bonds is 9. The van der Waals surface area contributed by atoms with E-state index in [0.29, 0.717) is 0 Å². The largest absolute Gasteiger partial charge is 0.410 e. The van der Waals surface area contributed by atoms with Gasteiger partial charge in [0, 0.05) is 11.4 Å². The van der Waals surface area contributed by atoms with Crippen LogP contribution in [0.3, 0.4) is 0 Å². The van der Waals surface area contributed by atoms with Gasteiger partial charge in [0.15, 0.2) is 16.5 Å². The van der Waals surface area contributed by atoms with E-state index >= 15 is 0 Å². The van der Waals surface area contributed by atoms with Crippen LogP contribution in [0.15, 0.2) is 24.3 Å². The molecule has 0 radical (unpaired) electrons. The van der Waals surface area contributed by atoms with Gasteiger partial charge >= 0.3 is 0 Å². The van der Waals surface area contributed by atoms with Gasteiger partial charge in [-0.1, -0.05) is 80.8 Å². The lowest BCUT2D eigenvalue weighted by molar-refractivity contribution is 0.511. The molecule has 0 aliphatic heterocycles. The zero-order chi connectivity index (χ0) is 26.0. The molecule has 0 bridgehead atoms. The van der Waals surface area contributed by atoms with E-state index in [1.165, 1.54) is 88.4 Å². The molecule has 0 heterocycles. The van der Waals surface area contributed by atoms with Gasteiger partial charge in [0.25, 0.3) is 0 Å². The Hall–Kier alpha value is -1.10. The molecule has 2 aromatic rings. The predicted octanol–water partition coefficient (Wildman–Crippen LogP) is 9.36. The third kappa shape index (κ3) is 7.94. The van der Waals surface area contributed by atoms with Gasteiger partial charge in [-0.2, -0.15) is 0 Å². The van der Waals surface area contributed by atoms with E-state index in [9.17, 15) is 0 Å². The van der Waals surface area contributed by atoms with Crippen molar-refractivity contribution in [3.05, 3.63) is 57.6 Å². The Morgan fingerprint density at radius 2 is 0.971 bits per heavy atom. The summed E-state index contributed by atoms with van der Waals surface area (Å²) >= 11 is 0. The molecular weight excluding hydrogens is 475 g/mol. The minimum Gasteiger partial charge on any atom is -0.410 e. The average molecular weight is 527 g/mol. The Bertz CT molecular complexity index is 906. The van der Waals surface area contributed by atoms with Gasteiger partial charge in [-0.15, -0.1) is 7.92 Å². The summed E-state index contributed by atoms with van der Waals surface area (Å²) in [4.78, 5) is 8.32. The molecule has 0 spiro atoms. The third-order valence-electron chi connectivity index (χ3n) is 7.57. The minimum atomic E-state index is -1.62. The highest BCUT2D eigenvalue weighted by Crippen LogP contribution is 2.51. The van der Waals surface area contributed by atoms with Crippen LogP contribution in [0, 0.1) is 41.5 Å². The van der Waals surface area contributed by atoms with Gasteiger partial charge in [-0.05, 0) is 93.9 Å². The maximum Gasteiger partial charge on any atom is 0.151 e. The summed E-state index contributed by atoms with van der Waals surface area (Å²) in [5.41, 5.74) is 12.2. The van der Waals surface area contributed by atoms with Crippen molar-refractivity contribution in [3.63, 3.8) is 0 Å². The fourth-order valence-corrected chi connectivity index (χ4v) is 21.8. The fraction of sp³-hybridized carbons (Fsp3) is 0.600. The molecule has 194 valence electrons. The topological polar surface area (TPSA) is 24.1 Å². The Kier molecular flexibility index (Phi) is 9.38. The summed E-state index contributed by atoms with van der Waals surface area (Å²) in [5.74, 6) is 2.87. The second-order valence-electron chi connectivity index (χ2n) is 12.8. The monoisotopic (exact) mass is 526 g/mol. The van der Waals surface area contributed by atoms with Crippen LogP contribution < -0.4 is 9.96 Å². The zero-order valence-electron chi connectivity index (χ0n) is 24.3. The molecule has 1 saturated carbocycles. The van der Waals surface area contributed by atoms with E-state index in [2.05, 4.69) is 102 Å². The summed E-state index contributed by atoms with van der Waals surface area (Å²) in [7, 11) is -3.24. The lowest BCUT2D eigenvalue weighted by atomic mass is 10.0. The average Bonchev–Trinajstić information content (AvgIpc) is 2.73. The summed E-state index contributed by atoms with van der Waals surface area (Å²) in [6.07, 6.45) is 7.26. The van der Waals surface area contributed by atoms with Crippen LogP contribution in [-0.4, -0.2) is 33.7 Å². The van der Waals surface area contributed by atoms with Gasteiger partial charge in [0.2, 0.25) is 0 Å². The van der Waals surface area contributed by atoms with Crippen LogP contribution in [-0.2, 0) is 0 Å². The molecule has 0 amide bonds. The maximum absolute atomic E-state index is 4.16. The first-order chi connectivity index (χ1) is 16.3. The standard InChI is InChI=1S/C30H51N2PSi2/c1-22-16-24(3)29(25(4)17-22)31-34(7,8)20-33(28-14-12-11-13-15-28)21-35(9,10)32-30-26(5)18-23(2)19-27(30)6/h16-19,28,31-32H,11-15,20-21H2,1-10H3. The number of aryl methyl sites for hydroxylation is 6. The smallest absolute Gasteiger partial charge is 0.151 e. The Morgan fingerprint density at radius 1 is 0.629 bits per heavy atom. The lowest BCUT2D eigenvalue weighted by Gasteiger charge is -2.40. The number of hydrogen-bond donors (Lipinski definition) is 2. The van der Waals surface area contributed by atoms with Crippen LogP contribution in [0.2, 0.25) is 26.2 Å². The van der Waals surface area contributed by atoms with Gasteiger partial charge < -0.3 is 9.96 Å². The van der Waals surface area contributed by atoms with Crippen molar-refractivity contribution in [1.82, 2.24) is 0 Å². The van der Waals surface area contributed by atoms with Crippen molar-refractivity contribution in [2.45, 2.75) is 105 Å². The molecule has 1 aliphatic carbocycles. The molecule has 0 unspecified atom stereocenters. The highest BCUT2D eigenvalue weighted by Gasteiger charge is 2.36. The quantitative estimate of drug-likeness (QED) is 0.251. The van der Waals surface area contributed by atoms with Crippen molar-refractivity contribution in [3.8, 4) is 0 Å².